The fraction of sp³-hybridized carbons (Fsp3) is 0.333. The van der Waals surface area contributed by atoms with Gasteiger partial charge in [0.1, 0.15) is 18.7 Å². The van der Waals surface area contributed by atoms with Crippen LogP contribution in [0.5, 0.6) is 5.75 Å². The van der Waals surface area contributed by atoms with Crippen LogP contribution >= 0.6 is 0 Å². The van der Waals surface area contributed by atoms with Crippen LogP contribution in [-0.2, 0) is 13.1 Å². The van der Waals surface area contributed by atoms with Crippen LogP contribution in [0.25, 0.3) is 0 Å². The minimum atomic E-state index is 0.590. The molecule has 1 aromatic heterocycles. The topological polar surface area (TPSA) is 52.0 Å². The van der Waals surface area contributed by atoms with Gasteiger partial charge in [-0.2, -0.15) is 5.10 Å². The van der Waals surface area contributed by atoms with Gasteiger partial charge >= 0.3 is 0 Å². The number of aromatic nitrogens is 3. The zero-order chi connectivity index (χ0) is 11.9. The Kier molecular flexibility index (Phi) is 4.10. The van der Waals surface area contributed by atoms with Gasteiger partial charge in [0, 0.05) is 0 Å². The summed E-state index contributed by atoms with van der Waals surface area (Å²) < 4.78 is 7.36. The van der Waals surface area contributed by atoms with Gasteiger partial charge in [0.2, 0.25) is 0 Å². The van der Waals surface area contributed by atoms with Gasteiger partial charge in [-0.1, -0.05) is 18.2 Å². The van der Waals surface area contributed by atoms with E-state index in [1.165, 1.54) is 0 Å². The molecule has 0 radical (unpaired) electrons. The SMILES string of the molecule is CNCc1ncn(CCOc2ccccc2)n1. The van der Waals surface area contributed by atoms with E-state index in [1.807, 2.05) is 37.4 Å². The molecule has 17 heavy (non-hydrogen) atoms. The Balaban J connectivity index is 1.78. The molecule has 0 unspecified atom stereocenters. The van der Waals surface area contributed by atoms with E-state index in [1.54, 1.807) is 11.0 Å². The van der Waals surface area contributed by atoms with E-state index in [4.69, 9.17) is 4.74 Å². The number of benzene rings is 1. The average molecular weight is 232 g/mol. The van der Waals surface area contributed by atoms with Crippen molar-refractivity contribution < 1.29 is 4.74 Å². The van der Waals surface area contributed by atoms with Crippen molar-refractivity contribution in [3.8, 4) is 5.75 Å². The van der Waals surface area contributed by atoms with Gasteiger partial charge in [-0.05, 0) is 19.2 Å². The summed E-state index contributed by atoms with van der Waals surface area (Å²) >= 11 is 0. The van der Waals surface area contributed by atoms with Crippen LogP contribution in [0.2, 0.25) is 0 Å². The molecule has 2 rings (SSSR count). The monoisotopic (exact) mass is 232 g/mol. The summed E-state index contributed by atoms with van der Waals surface area (Å²) in [6, 6.07) is 9.75. The van der Waals surface area contributed by atoms with Gasteiger partial charge < -0.3 is 10.1 Å². The van der Waals surface area contributed by atoms with Crippen molar-refractivity contribution in [1.82, 2.24) is 20.1 Å². The molecule has 0 aliphatic carbocycles. The van der Waals surface area contributed by atoms with Crippen LogP contribution in [0.15, 0.2) is 36.7 Å². The third-order valence-electron chi connectivity index (χ3n) is 2.25. The molecule has 0 aliphatic heterocycles. The molecule has 0 bridgehead atoms. The highest BCUT2D eigenvalue weighted by molar-refractivity contribution is 5.20. The predicted octanol–water partition coefficient (Wildman–Crippen LogP) is 1.08. The second-order valence-corrected chi connectivity index (χ2v) is 3.62. The molecule has 1 heterocycles. The van der Waals surface area contributed by atoms with E-state index in [-0.39, 0.29) is 0 Å². The van der Waals surface area contributed by atoms with Crippen molar-refractivity contribution >= 4 is 0 Å². The molecule has 2 aromatic rings. The predicted molar refractivity (Wildman–Crippen MR) is 64.7 cm³/mol. The first-order valence-corrected chi connectivity index (χ1v) is 5.59. The first kappa shape index (κ1) is 11.6. The Morgan fingerprint density at radius 1 is 1.29 bits per heavy atom. The van der Waals surface area contributed by atoms with Crippen molar-refractivity contribution in [1.29, 1.82) is 0 Å². The lowest BCUT2D eigenvalue weighted by atomic mass is 10.3. The third kappa shape index (κ3) is 3.57. The fourth-order valence-corrected chi connectivity index (χ4v) is 1.45. The average Bonchev–Trinajstić information content (AvgIpc) is 2.79. The van der Waals surface area contributed by atoms with E-state index >= 15 is 0 Å². The van der Waals surface area contributed by atoms with Crippen molar-refractivity contribution in [3.63, 3.8) is 0 Å². The molecular formula is C12H16N4O. The van der Waals surface area contributed by atoms with Crippen LogP contribution in [0, 0.1) is 0 Å². The largest absolute Gasteiger partial charge is 0.492 e. The molecular weight excluding hydrogens is 216 g/mol. The number of rotatable bonds is 6. The summed E-state index contributed by atoms with van der Waals surface area (Å²) in [5, 5.41) is 7.30. The summed E-state index contributed by atoms with van der Waals surface area (Å²) in [5.74, 6) is 1.68. The molecule has 5 heteroatoms. The van der Waals surface area contributed by atoms with Crippen LogP contribution in [0.1, 0.15) is 5.82 Å². The van der Waals surface area contributed by atoms with Crippen LogP contribution < -0.4 is 10.1 Å². The van der Waals surface area contributed by atoms with Gasteiger partial charge in [-0.3, -0.25) is 0 Å². The molecule has 90 valence electrons. The summed E-state index contributed by atoms with van der Waals surface area (Å²) in [4.78, 5) is 4.17. The smallest absolute Gasteiger partial charge is 0.164 e. The molecule has 1 aromatic carbocycles. The molecule has 1 N–H and O–H groups in total. The van der Waals surface area contributed by atoms with E-state index in [2.05, 4.69) is 15.4 Å². The summed E-state index contributed by atoms with van der Waals surface area (Å²) in [7, 11) is 1.87. The summed E-state index contributed by atoms with van der Waals surface area (Å²) in [5.41, 5.74) is 0. The highest BCUT2D eigenvalue weighted by atomic mass is 16.5. The maximum absolute atomic E-state index is 5.57. The van der Waals surface area contributed by atoms with Crippen molar-refractivity contribution in [2.75, 3.05) is 13.7 Å². The highest BCUT2D eigenvalue weighted by Crippen LogP contribution is 2.07. The number of para-hydroxylation sites is 1. The lowest BCUT2D eigenvalue weighted by Crippen LogP contribution is -2.10. The number of nitrogens with zero attached hydrogens (tertiary/aromatic N) is 3. The molecule has 0 saturated carbocycles. The fourth-order valence-electron chi connectivity index (χ4n) is 1.45. The molecule has 0 spiro atoms. The molecule has 5 nitrogen and oxygen atoms in total. The number of ether oxygens (including phenoxy) is 1. The van der Waals surface area contributed by atoms with Gasteiger partial charge in [0.15, 0.2) is 5.82 Å². The van der Waals surface area contributed by atoms with E-state index in [0.29, 0.717) is 19.7 Å². The number of hydrogen-bond donors (Lipinski definition) is 1. The maximum atomic E-state index is 5.57. The standard InChI is InChI=1S/C12H16N4O/c1-13-9-12-14-10-16(15-12)7-8-17-11-5-3-2-4-6-11/h2-6,10,13H,7-9H2,1H3. The first-order chi connectivity index (χ1) is 8.38. The van der Waals surface area contributed by atoms with E-state index < -0.39 is 0 Å². The molecule has 0 amide bonds. The Labute approximate surface area is 100 Å². The zero-order valence-electron chi connectivity index (χ0n) is 9.84. The third-order valence-corrected chi connectivity index (χ3v) is 2.25. The molecule has 0 aliphatic rings. The zero-order valence-corrected chi connectivity index (χ0v) is 9.84. The van der Waals surface area contributed by atoms with Crippen LogP contribution in [-0.4, -0.2) is 28.4 Å². The first-order valence-electron chi connectivity index (χ1n) is 5.59. The molecule has 0 atom stereocenters. The van der Waals surface area contributed by atoms with E-state index in [9.17, 15) is 0 Å². The van der Waals surface area contributed by atoms with Gasteiger partial charge in [-0.15, -0.1) is 0 Å². The second-order valence-electron chi connectivity index (χ2n) is 3.62. The van der Waals surface area contributed by atoms with Gasteiger partial charge in [0.05, 0.1) is 13.1 Å². The quantitative estimate of drug-likeness (QED) is 0.809. The Morgan fingerprint density at radius 3 is 2.88 bits per heavy atom. The van der Waals surface area contributed by atoms with Gasteiger partial charge in [-0.25, -0.2) is 9.67 Å². The summed E-state index contributed by atoms with van der Waals surface area (Å²) in [6.45, 7) is 1.98. The Bertz CT molecular complexity index is 441. The second kappa shape index (κ2) is 6.00. The molecule has 0 fully saturated rings. The normalized spacial score (nSPS) is 10.4. The lowest BCUT2D eigenvalue weighted by Gasteiger charge is -2.05. The van der Waals surface area contributed by atoms with Crippen LogP contribution in [0.3, 0.4) is 0 Å². The lowest BCUT2D eigenvalue weighted by molar-refractivity contribution is 0.290. The van der Waals surface area contributed by atoms with Crippen molar-refractivity contribution in [3.05, 3.63) is 42.5 Å². The minimum absolute atomic E-state index is 0.590. The van der Waals surface area contributed by atoms with Crippen molar-refractivity contribution in [2.24, 2.45) is 0 Å². The maximum Gasteiger partial charge on any atom is 0.164 e. The number of hydrogen-bond acceptors (Lipinski definition) is 4. The number of nitrogens with one attached hydrogen (secondary N) is 1. The highest BCUT2D eigenvalue weighted by Gasteiger charge is 1.99. The van der Waals surface area contributed by atoms with E-state index in [0.717, 1.165) is 11.6 Å². The Hall–Kier alpha value is -1.88. The van der Waals surface area contributed by atoms with Crippen LogP contribution in [0.4, 0.5) is 0 Å². The van der Waals surface area contributed by atoms with Crippen molar-refractivity contribution in [2.45, 2.75) is 13.1 Å². The summed E-state index contributed by atoms with van der Waals surface area (Å²) in [6.07, 6.45) is 1.72. The molecule has 0 saturated heterocycles. The van der Waals surface area contributed by atoms with Gasteiger partial charge in [0.25, 0.3) is 0 Å². The minimum Gasteiger partial charge on any atom is -0.492 e. The Morgan fingerprint density at radius 2 is 2.12 bits per heavy atom.